The van der Waals surface area contributed by atoms with E-state index >= 15 is 0 Å². The minimum absolute atomic E-state index is 0.134. The van der Waals surface area contributed by atoms with Gasteiger partial charge in [-0.3, -0.25) is 4.79 Å². The van der Waals surface area contributed by atoms with Gasteiger partial charge >= 0.3 is 0 Å². The van der Waals surface area contributed by atoms with E-state index in [1.165, 1.54) is 18.4 Å². The van der Waals surface area contributed by atoms with Crippen molar-refractivity contribution in [3.63, 3.8) is 0 Å². The third-order valence-corrected chi connectivity index (χ3v) is 8.13. The molecule has 0 radical (unpaired) electrons. The van der Waals surface area contributed by atoms with Crippen LogP contribution in [0, 0.1) is 11.8 Å². The Bertz CT molecular complexity index is 1440. The molecule has 3 aromatic heterocycles. The number of nitrogens with zero attached hydrogens (tertiary/aromatic N) is 5. The quantitative estimate of drug-likeness (QED) is 0.396. The van der Waals surface area contributed by atoms with Crippen LogP contribution < -0.4 is 11.1 Å². The van der Waals surface area contributed by atoms with Crippen LogP contribution in [0.4, 0.5) is 0 Å². The Balaban J connectivity index is 1.43. The fraction of sp³-hybridized carbons (Fsp3) is 0.429. The number of nitrogens with one attached hydrogen (secondary N) is 1. The van der Waals surface area contributed by atoms with Crippen molar-refractivity contribution in [2.45, 2.75) is 57.5 Å². The van der Waals surface area contributed by atoms with Gasteiger partial charge in [0.2, 0.25) is 0 Å². The van der Waals surface area contributed by atoms with Crippen LogP contribution in [0.3, 0.4) is 0 Å². The van der Waals surface area contributed by atoms with Crippen molar-refractivity contribution in [2.24, 2.45) is 24.6 Å². The summed E-state index contributed by atoms with van der Waals surface area (Å²) in [4.78, 5) is 16.6. The number of carbonyl (C=O) groups is 1. The van der Waals surface area contributed by atoms with Crippen LogP contribution in [-0.4, -0.2) is 36.3 Å². The van der Waals surface area contributed by atoms with Gasteiger partial charge in [-0.25, -0.2) is 4.98 Å². The molecule has 1 aromatic carbocycles. The molecule has 0 saturated heterocycles. The number of primary amides is 1. The molecule has 3 N–H and O–H groups in total. The first-order chi connectivity index (χ1) is 17.4. The molecule has 3 heterocycles. The summed E-state index contributed by atoms with van der Waals surface area (Å²) < 4.78 is 4.23. The molecular weight excluding hydrogens is 450 g/mol. The summed E-state index contributed by atoms with van der Waals surface area (Å²) >= 11 is 0. The first kappa shape index (κ1) is 22.9. The lowest BCUT2D eigenvalue weighted by molar-refractivity contribution is 0.0996. The molecule has 4 aromatic rings. The maximum absolute atomic E-state index is 12.0. The molecule has 8 heteroatoms. The van der Waals surface area contributed by atoms with Gasteiger partial charge in [0.15, 0.2) is 0 Å². The SMILES string of the molecule is CC1CC(c2cccc(-n3ccc4nc(C(N)=O)cc(CN[C@@H](C)C5CC5)c43)c2)(c2nncn2C)C1. The normalized spacial score (nSPS) is 22.5. The van der Waals surface area contributed by atoms with Gasteiger partial charge in [-0.15, -0.1) is 10.2 Å². The summed E-state index contributed by atoms with van der Waals surface area (Å²) in [6, 6.07) is 13.0. The molecule has 8 nitrogen and oxygen atoms in total. The monoisotopic (exact) mass is 483 g/mol. The molecule has 1 amide bonds. The Labute approximate surface area is 210 Å². The lowest BCUT2D eigenvalue weighted by Crippen LogP contribution is -2.43. The van der Waals surface area contributed by atoms with Crippen LogP contribution in [0.15, 0.2) is 48.9 Å². The van der Waals surface area contributed by atoms with E-state index in [1.54, 1.807) is 6.33 Å². The van der Waals surface area contributed by atoms with Crippen LogP contribution in [0.5, 0.6) is 0 Å². The van der Waals surface area contributed by atoms with E-state index in [9.17, 15) is 4.79 Å². The number of aryl methyl sites for hydroxylation is 1. The molecule has 0 aliphatic heterocycles. The highest BCUT2D eigenvalue weighted by atomic mass is 16.1. The molecule has 186 valence electrons. The third kappa shape index (κ3) is 3.80. The van der Waals surface area contributed by atoms with E-state index in [4.69, 9.17) is 5.73 Å². The fourth-order valence-corrected chi connectivity index (χ4v) is 6.08. The number of aromatic nitrogens is 5. The average Bonchev–Trinajstić information content (AvgIpc) is 3.48. The summed E-state index contributed by atoms with van der Waals surface area (Å²) in [5.41, 5.74) is 10.9. The Kier molecular flexibility index (Phi) is 5.44. The highest BCUT2D eigenvalue weighted by Crippen LogP contribution is 2.51. The van der Waals surface area contributed by atoms with Crippen LogP contribution >= 0.6 is 0 Å². The lowest BCUT2D eigenvalue weighted by Gasteiger charge is -2.46. The number of hydrogen-bond donors (Lipinski definition) is 2. The van der Waals surface area contributed by atoms with Gasteiger partial charge in [0.05, 0.1) is 16.4 Å². The predicted molar refractivity (Wildman–Crippen MR) is 139 cm³/mol. The summed E-state index contributed by atoms with van der Waals surface area (Å²) in [6.45, 7) is 5.18. The summed E-state index contributed by atoms with van der Waals surface area (Å²) in [5.74, 6) is 1.89. The number of hydrogen-bond acceptors (Lipinski definition) is 5. The van der Waals surface area contributed by atoms with Crippen molar-refractivity contribution < 1.29 is 4.79 Å². The Morgan fingerprint density at radius 1 is 1.25 bits per heavy atom. The zero-order valence-electron chi connectivity index (χ0n) is 21.1. The summed E-state index contributed by atoms with van der Waals surface area (Å²) in [7, 11) is 2.02. The van der Waals surface area contributed by atoms with Gasteiger partial charge in [0.25, 0.3) is 5.91 Å². The van der Waals surface area contributed by atoms with E-state index in [2.05, 4.69) is 63.2 Å². The van der Waals surface area contributed by atoms with Crippen molar-refractivity contribution in [3.8, 4) is 5.69 Å². The van der Waals surface area contributed by atoms with Crippen molar-refractivity contribution >= 4 is 16.9 Å². The Morgan fingerprint density at radius 2 is 2.06 bits per heavy atom. The molecule has 2 saturated carbocycles. The van der Waals surface area contributed by atoms with Crippen molar-refractivity contribution in [2.75, 3.05) is 0 Å². The number of amides is 1. The first-order valence-corrected chi connectivity index (χ1v) is 12.9. The number of nitrogens with two attached hydrogens (primary N) is 1. The second kappa shape index (κ2) is 8.55. The third-order valence-electron chi connectivity index (χ3n) is 8.13. The average molecular weight is 484 g/mol. The lowest BCUT2D eigenvalue weighted by atomic mass is 9.58. The molecule has 1 atom stereocenters. The van der Waals surface area contributed by atoms with Crippen LogP contribution in [0.1, 0.15) is 67.0 Å². The second-order valence-corrected chi connectivity index (χ2v) is 10.9. The topological polar surface area (TPSA) is 104 Å². The zero-order valence-corrected chi connectivity index (χ0v) is 21.1. The smallest absolute Gasteiger partial charge is 0.267 e. The molecule has 0 bridgehead atoms. The van der Waals surface area contributed by atoms with E-state index < -0.39 is 5.91 Å². The van der Waals surface area contributed by atoms with Gasteiger partial charge in [-0.2, -0.15) is 0 Å². The maximum atomic E-state index is 12.0. The Morgan fingerprint density at radius 3 is 2.72 bits per heavy atom. The summed E-state index contributed by atoms with van der Waals surface area (Å²) in [6.07, 6.45) is 8.48. The minimum Gasteiger partial charge on any atom is -0.364 e. The second-order valence-electron chi connectivity index (χ2n) is 10.9. The van der Waals surface area contributed by atoms with E-state index in [-0.39, 0.29) is 5.41 Å². The minimum atomic E-state index is -0.507. The number of fused-ring (bicyclic) bond motifs is 1. The fourth-order valence-electron chi connectivity index (χ4n) is 6.08. The zero-order chi connectivity index (χ0) is 25.0. The van der Waals surface area contributed by atoms with Gasteiger partial charge in [-0.05, 0) is 79.8 Å². The predicted octanol–water partition coefficient (Wildman–Crippen LogP) is 3.86. The van der Waals surface area contributed by atoms with Crippen molar-refractivity contribution in [1.29, 1.82) is 0 Å². The van der Waals surface area contributed by atoms with Gasteiger partial charge in [0.1, 0.15) is 17.8 Å². The molecule has 36 heavy (non-hydrogen) atoms. The highest BCUT2D eigenvalue weighted by molar-refractivity contribution is 5.94. The largest absolute Gasteiger partial charge is 0.364 e. The standard InChI is InChI=1S/C28H33N7O/c1-17-13-28(14-17,27-33-31-16-34(27)3)21-5-4-6-22(12-21)35-10-9-23-25(35)20(11-24(32-23)26(29)36)15-30-18(2)19-7-8-19/h4-6,9-12,16-19,30H,7-8,13-15H2,1-3H3,(H2,29,36)/t17?,18-,28?/m0/s1. The van der Waals surface area contributed by atoms with E-state index in [0.717, 1.165) is 46.9 Å². The highest BCUT2D eigenvalue weighted by Gasteiger charge is 2.48. The molecule has 2 aliphatic carbocycles. The van der Waals surface area contributed by atoms with Gasteiger partial charge < -0.3 is 20.2 Å². The van der Waals surface area contributed by atoms with E-state index in [1.807, 2.05) is 29.9 Å². The number of pyridine rings is 1. The van der Waals surface area contributed by atoms with Crippen molar-refractivity contribution in [1.82, 2.24) is 29.6 Å². The van der Waals surface area contributed by atoms with E-state index in [0.29, 0.717) is 24.2 Å². The van der Waals surface area contributed by atoms with Gasteiger partial charge in [0, 0.05) is 31.5 Å². The maximum Gasteiger partial charge on any atom is 0.267 e. The first-order valence-electron chi connectivity index (χ1n) is 12.9. The molecule has 2 fully saturated rings. The number of carbonyl (C=O) groups excluding carboxylic acids is 1. The van der Waals surface area contributed by atoms with Crippen LogP contribution in [0.2, 0.25) is 0 Å². The molecule has 0 spiro atoms. The van der Waals surface area contributed by atoms with Crippen LogP contribution in [-0.2, 0) is 19.0 Å². The van der Waals surface area contributed by atoms with Crippen LogP contribution in [0.25, 0.3) is 16.7 Å². The Hall–Kier alpha value is -3.52. The summed E-state index contributed by atoms with van der Waals surface area (Å²) in [5, 5.41) is 12.3. The molecule has 6 rings (SSSR count). The molecular formula is C28H33N7O. The van der Waals surface area contributed by atoms with Gasteiger partial charge in [-0.1, -0.05) is 19.1 Å². The molecule has 2 aliphatic rings. The number of rotatable bonds is 8. The van der Waals surface area contributed by atoms with Crippen molar-refractivity contribution in [3.05, 3.63) is 71.6 Å². The molecule has 0 unspecified atom stereocenters. The number of benzene rings is 1.